The fraction of sp³-hybridized carbons (Fsp3) is 0.429. The number of rotatable bonds is 5. The first kappa shape index (κ1) is 16.7. The lowest BCUT2D eigenvalue weighted by atomic mass is 9.89. The molecule has 3 heteroatoms. The van der Waals surface area contributed by atoms with Crippen molar-refractivity contribution in [3.05, 3.63) is 66.0 Å². The molecule has 1 aromatic heterocycles. The monoisotopic (exact) mass is 322 g/mol. The van der Waals surface area contributed by atoms with Gasteiger partial charge in [-0.15, -0.1) is 0 Å². The van der Waals surface area contributed by atoms with Crippen LogP contribution in [0.4, 0.5) is 0 Å². The van der Waals surface area contributed by atoms with E-state index in [2.05, 4.69) is 28.9 Å². The predicted octanol–water partition coefficient (Wildman–Crippen LogP) is 4.20. The van der Waals surface area contributed by atoms with E-state index in [1.807, 2.05) is 30.3 Å². The highest BCUT2D eigenvalue weighted by molar-refractivity contribution is 5.84. The summed E-state index contributed by atoms with van der Waals surface area (Å²) >= 11 is 0. The number of nitrogens with zero attached hydrogens (tertiary/aromatic N) is 2. The standard InChI is InChI=1S/C21H26N2O/c1-2-19-10-6-7-15-23(19)21(24)20(18-8-4-3-5-9-18)16-17-11-13-22-14-12-17/h3-5,8-9,11-14,19-20H,2,6-7,10,15-16H2,1H3. The summed E-state index contributed by atoms with van der Waals surface area (Å²) in [6.45, 7) is 3.09. The molecule has 1 fully saturated rings. The quantitative estimate of drug-likeness (QED) is 0.826. The van der Waals surface area contributed by atoms with E-state index in [1.165, 1.54) is 6.42 Å². The van der Waals surface area contributed by atoms with Gasteiger partial charge in [-0.1, -0.05) is 37.3 Å². The van der Waals surface area contributed by atoms with Crippen molar-refractivity contribution in [3.8, 4) is 0 Å². The molecule has 1 aromatic carbocycles. The van der Waals surface area contributed by atoms with Crippen molar-refractivity contribution < 1.29 is 4.79 Å². The smallest absolute Gasteiger partial charge is 0.230 e. The summed E-state index contributed by atoms with van der Waals surface area (Å²) in [6.07, 6.45) is 8.89. The Labute approximate surface area is 144 Å². The number of piperidine rings is 1. The Hall–Kier alpha value is -2.16. The van der Waals surface area contributed by atoms with Crippen LogP contribution in [0.1, 0.15) is 49.7 Å². The van der Waals surface area contributed by atoms with E-state index in [0.29, 0.717) is 6.04 Å². The van der Waals surface area contributed by atoms with Crippen LogP contribution in [0.25, 0.3) is 0 Å². The van der Waals surface area contributed by atoms with Gasteiger partial charge in [0, 0.05) is 25.0 Å². The normalized spacial score (nSPS) is 19.0. The van der Waals surface area contributed by atoms with Crippen molar-refractivity contribution >= 4 is 5.91 Å². The van der Waals surface area contributed by atoms with Gasteiger partial charge in [-0.2, -0.15) is 0 Å². The second kappa shape index (κ2) is 8.09. The van der Waals surface area contributed by atoms with Gasteiger partial charge in [-0.25, -0.2) is 0 Å². The Morgan fingerprint density at radius 3 is 2.62 bits per heavy atom. The van der Waals surface area contributed by atoms with Crippen LogP contribution >= 0.6 is 0 Å². The van der Waals surface area contributed by atoms with E-state index < -0.39 is 0 Å². The number of carbonyl (C=O) groups is 1. The Kier molecular flexibility index (Phi) is 5.63. The van der Waals surface area contributed by atoms with Crippen molar-refractivity contribution in [2.24, 2.45) is 0 Å². The van der Waals surface area contributed by atoms with Gasteiger partial charge in [0.05, 0.1) is 5.92 Å². The number of amides is 1. The second-order valence-corrected chi connectivity index (χ2v) is 6.61. The molecule has 0 bridgehead atoms. The van der Waals surface area contributed by atoms with Crippen LogP contribution in [0, 0.1) is 0 Å². The molecule has 1 saturated heterocycles. The summed E-state index contributed by atoms with van der Waals surface area (Å²) in [5.74, 6) is 0.172. The molecule has 3 nitrogen and oxygen atoms in total. The number of likely N-dealkylation sites (tertiary alicyclic amines) is 1. The Balaban J connectivity index is 1.87. The van der Waals surface area contributed by atoms with Gasteiger partial charge in [0.1, 0.15) is 0 Å². The highest BCUT2D eigenvalue weighted by atomic mass is 16.2. The number of benzene rings is 1. The Morgan fingerprint density at radius 2 is 1.92 bits per heavy atom. The first-order valence-corrected chi connectivity index (χ1v) is 9.04. The molecule has 1 aliphatic rings. The molecule has 24 heavy (non-hydrogen) atoms. The number of carbonyl (C=O) groups excluding carboxylic acids is 1. The first-order chi connectivity index (χ1) is 11.8. The van der Waals surface area contributed by atoms with E-state index in [4.69, 9.17) is 0 Å². The molecule has 2 heterocycles. The van der Waals surface area contributed by atoms with E-state index in [9.17, 15) is 4.79 Å². The van der Waals surface area contributed by atoms with E-state index >= 15 is 0 Å². The molecule has 0 N–H and O–H groups in total. The lowest BCUT2D eigenvalue weighted by Crippen LogP contribution is -2.46. The third kappa shape index (κ3) is 3.84. The molecular weight excluding hydrogens is 296 g/mol. The molecule has 0 saturated carbocycles. The zero-order chi connectivity index (χ0) is 16.8. The average Bonchev–Trinajstić information content (AvgIpc) is 2.67. The molecule has 0 radical (unpaired) electrons. The SMILES string of the molecule is CCC1CCCCN1C(=O)C(Cc1ccncc1)c1ccccc1. The molecular formula is C21H26N2O. The summed E-state index contributed by atoms with van der Waals surface area (Å²) < 4.78 is 0. The van der Waals surface area contributed by atoms with Gasteiger partial charge in [-0.05, 0) is 55.4 Å². The topological polar surface area (TPSA) is 33.2 Å². The third-order valence-corrected chi connectivity index (χ3v) is 5.07. The highest BCUT2D eigenvalue weighted by Crippen LogP contribution is 2.28. The second-order valence-electron chi connectivity index (χ2n) is 6.61. The van der Waals surface area contributed by atoms with Crippen LogP contribution in [0.3, 0.4) is 0 Å². The summed E-state index contributed by atoms with van der Waals surface area (Å²) in [4.78, 5) is 19.6. The fourth-order valence-corrected chi connectivity index (χ4v) is 3.70. The number of pyridine rings is 1. The van der Waals surface area contributed by atoms with Crippen molar-refractivity contribution in [1.82, 2.24) is 9.88 Å². The Morgan fingerprint density at radius 1 is 1.17 bits per heavy atom. The molecule has 2 atom stereocenters. The van der Waals surface area contributed by atoms with Gasteiger partial charge in [-0.3, -0.25) is 9.78 Å². The molecule has 0 aliphatic carbocycles. The summed E-state index contributed by atoms with van der Waals surface area (Å²) in [6, 6.07) is 14.6. The van der Waals surface area contributed by atoms with E-state index in [0.717, 1.165) is 43.4 Å². The van der Waals surface area contributed by atoms with Crippen LogP contribution < -0.4 is 0 Å². The Bertz CT molecular complexity index is 641. The van der Waals surface area contributed by atoms with Gasteiger partial charge in [0.25, 0.3) is 0 Å². The highest BCUT2D eigenvalue weighted by Gasteiger charge is 2.31. The molecule has 2 aromatic rings. The fourth-order valence-electron chi connectivity index (χ4n) is 3.70. The summed E-state index contributed by atoms with van der Waals surface area (Å²) in [5, 5.41) is 0. The van der Waals surface area contributed by atoms with Crippen LogP contribution in [0.15, 0.2) is 54.9 Å². The van der Waals surface area contributed by atoms with Crippen molar-refractivity contribution in [3.63, 3.8) is 0 Å². The molecule has 3 rings (SSSR count). The summed E-state index contributed by atoms with van der Waals surface area (Å²) in [5.41, 5.74) is 2.27. The number of hydrogen-bond acceptors (Lipinski definition) is 2. The van der Waals surface area contributed by atoms with Crippen molar-refractivity contribution in [1.29, 1.82) is 0 Å². The van der Waals surface area contributed by atoms with E-state index in [-0.39, 0.29) is 11.8 Å². The van der Waals surface area contributed by atoms with Crippen molar-refractivity contribution in [2.75, 3.05) is 6.54 Å². The largest absolute Gasteiger partial charge is 0.339 e. The molecule has 1 aliphatic heterocycles. The maximum atomic E-state index is 13.4. The van der Waals surface area contributed by atoms with Gasteiger partial charge in [0.2, 0.25) is 5.91 Å². The van der Waals surface area contributed by atoms with Crippen LogP contribution in [0.5, 0.6) is 0 Å². The van der Waals surface area contributed by atoms with E-state index in [1.54, 1.807) is 12.4 Å². The molecule has 2 unspecified atom stereocenters. The first-order valence-electron chi connectivity index (χ1n) is 9.04. The number of hydrogen-bond donors (Lipinski definition) is 0. The van der Waals surface area contributed by atoms with Crippen LogP contribution in [-0.4, -0.2) is 28.4 Å². The molecule has 0 spiro atoms. The lowest BCUT2D eigenvalue weighted by Gasteiger charge is -2.37. The van der Waals surface area contributed by atoms with Crippen LogP contribution in [0.2, 0.25) is 0 Å². The minimum Gasteiger partial charge on any atom is -0.339 e. The van der Waals surface area contributed by atoms with Crippen molar-refractivity contribution in [2.45, 2.75) is 51.0 Å². The van der Waals surface area contributed by atoms with Gasteiger partial charge < -0.3 is 4.90 Å². The molecule has 126 valence electrons. The maximum Gasteiger partial charge on any atom is 0.230 e. The van der Waals surface area contributed by atoms with Crippen LogP contribution in [-0.2, 0) is 11.2 Å². The summed E-state index contributed by atoms with van der Waals surface area (Å²) in [7, 11) is 0. The zero-order valence-corrected chi connectivity index (χ0v) is 14.4. The third-order valence-electron chi connectivity index (χ3n) is 5.07. The molecule has 1 amide bonds. The minimum absolute atomic E-state index is 0.110. The average molecular weight is 322 g/mol. The zero-order valence-electron chi connectivity index (χ0n) is 14.4. The van der Waals surface area contributed by atoms with Gasteiger partial charge >= 0.3 is 0 Å². The predicted molar refractivity (Wildman–Crippen MR) is 96.8 cm³/mol. The van der Waals surface area contributed by atoms with Gasteiger partial charge in [0.15, 0.2) is 0 Å². The maximum absolute atomic E-state index is 13.4. The minimum atomic E-state index is -0.110. The number of aromatic nitrogens is 1. The lowest BCUT2D eigenvalue weighted by molar-refractivity contribution is -0.136.